The first-order valence-corrected chi connectivity index (χ1v) is 6.40. The Hall–Kier alpha value is -1.58. The summed E-state index contributed by atoms with van der Waals surface area (Å²) in [5, 5.41) is 0. The summed E-state index contributed by atoms with van der Waals surface area (Å²) >= 11 is 0. The van der Waals surface area contributed by atoms with Crippen molar-refractivity contribution in [3.05, 3.63) is 37.4 Å². The van der Waals surface area contributed by atoms with E-state index in [9.17, 15) is 0 Å². The van der Waals surface area contributed by atoms with Crippen LogP contribution in [0.5, 0.6) is 0 Å². The molecule has 1 saturated carbocycles. The lowest BCUT2D eigenvalue weighted by Crippen LogP contribution is -2.20. The lowest BCUT2D eigenvalue weighted by Gasteiger charge is -2.27. The molecule has 2 heterocycles. The molecule has 1 aliphatic carbocycles. The van der Waals surface area contributed by atoms with Gasteiger partial charge in [-0.05, 0) is 12.8 Å². The normalized spacial score (nSPS) is 25.6. The number of nitrogens with zero attached hydrogens (tertiary/aromatic N) is 4. The third-order valence-corrected chi connectivity index (χ3v) is 3.76. The number of aromatic nitrogens is 4. The average molecular weight is 230 g/mol. The van der Waals surface area contributed by atoms with E-state index in [2.05, 4.69) is 31.5 Å². The predicted octanol–water partition coefficient (Wildman–Crippen LogP) is 2.83. The lowest BCUT2D eigenvalue weighted by atomic mass is 10.0. The van der Waals surface area contributed by atoms with Gasteiger partial charge in [-0.15, -0.1) is 0 Å². The third kappa shape index (κ3) is 2.12. The van der Waals surface area contributed by atoms with Crippen LogP contribution in [0.3, 0.4) is 0 Å². The molecule has 0 aliphatic heterocycles. The molecule has 1 fully saturated rings. The van der Waals surface area contributed by atoms with Crippen molar-refractivity contribution in [3.8, 4) is 0 Å². The molecule has 1 aliphatic rings. The van der Waals surface area contributed by atoms with E-state index in [4.69, 9.17) is 0 Å². The van der Waals surface area contributed by atoms with Crippen LogP contribution in [0.25, 0.3) is 0 Å². The van der Waals surface area contributed by atoms with Gasteiger partial charge in [-0.3, -0.25) is 0 Å². The highest BCUT2D eigenvalue weighted by molar-refractivity contribution is 4.91. The van der Waals surface area contributed by atoms with Crippen LogP contribution in [0.15, 0.2) is 37.4 Å². The van der Waals surface area contributed by atoms with Crippen molar-refractivity contribution >= 4 is 0 Å². The van der Waals surface area contributed by atoms with Crippen LogP contribution in [0.1, 0.15) is 44.2 Å². The van der Waals surface area contributed by atoms with E-state index in [1.807, 2.05) is 25.0 Å². The zero-order valence-electron chi connectivity index (χ0n) is 9.94. The van der Waals surface area contributed by atoms with Crippen LogP contribution in [0, 0.1) is 0 Å². The molecule has 2 unspecified atom stereocenters. The van der Waals surface area contributed by atoms with Gasteiger partial charge in [0.05, 0.1) is 24.7 Å². The fourth-order valence-electron chi connectivity index (χ4n) is 2.90. The van der Waals surface area contributed by atoms with Gasteiger partial charge < -0.3 is 9.13 Å². The van der Waals surface area contributed by atoms with E-state index in [0.29, 0.717) is 12.1 Å². The number of hydrogen-bond donors (Lipinski definition) is 0. The second-order valence-corrected chi connectivity index (χ2v) is 4.79. The van der Waals surface area contributed by atoms with Gasteiger partial charge in [0.15, 0.2) is 0 Å². The van der Waals surface area contributed by atoms with Crippen LogP contribution < -0.4 is 0 Å². The smallest absolute Gasteiger partial charge is 0.0949 e. The summed E-state index contributed by atoms with van der Waals surface area (Å²) in [6, 6.07) is 1.04. The van der Waals surface area contributed by atoms with E-state index in [0.717, 1.165) is 0 Å². The minimum absolute atomic E-state index is 0.522. The summed E-state index contributed by atoms with van der Waals surface area (Å²) in [6.07, 6.45) is 18.2. The minimum atomic E-state index is 0.522. The molecule has 0 bridgehead atoms. The summed E-state index contributed by atoms with van der Waals surface area (Å²) in [4.78, 5) is 8.36. The lowest BCUT2D eigenvalue weighted by molar-refractivity contribution is 0.307. The average Bonchev–Trinajstić information content (AvgIpc) is 2.99. The van der Waals surface area contributed by atoms with E-state index >= 15 is 0 Å². The molecule has 0 saturated heterocycles. The van der Waals surface area contributed by atoms with Gasteiger partial charge in [0, 0.05) is 24.8 Å². The highest BCUT2D eigenvalue weighted by Gasteiger charge is 2.25. The molecular formula is C13H18N4. The Morgan fingerprint density at radius 1 is 0.765 bits per heavy atom. The zero-order valence-corrected chi connectivity index (χ0v) is 9.94. The highest BCUT2D eigenvalue weighted by Crippen LogP contribution is 2.35. The van der Waals surface area contributed by atoms with Crippen molar-refractivity contribution in [3.63, 3.8) is 0 Å². The van der Waals surface area contributed by atoms with E-state index in [1.165, 1.54) is 32.1 Å². The SMILES string of the molecule is c1cn(C2CCCCCC2n2ccnc2)cn1. The second kappa shape index (κ2) is 4.73. The van der Waals surface area contributed by atoms with E-state index < -0.39 is 0 Å². The van der Waals surface area contributed by atoms with Crippen molar-refractivity contribution in [1.82, 2.24) is 19.1 Å². The molecule has 0 amide bonds. The number of imidazole rings is 2. The van der Waals surface area contributed by atoms with E-state index in [-0.39, 0.29) is 0 Å². The first-order chi connectivity index (χ1) is 8.45. The standard InChI is InChI=1S/C13H18N4/c1-2-4-12(16-8-6-14-10-16)13(5-3-1)17-9-7-15-11-17/h6-13H,1-5H2. The van der Waals surface area contributed by atoms with Crippen LogP contribution in [0.2, 0.25) is 0 Å². The topological polar surface area (TPSA) is 35.6 Å². The summed E-state index contributed by atoms with van der Waals surface area (Å²) in [5.41, 5.74) is 0. The zero-order chi connectivity index (χ0) is 11.5. The first-order valence-electron chi connectivity index (χ1n) is 6.40. The number of rotatable bonds is 2. The third-order valence-electron chi connectivity index (χ3n) is 3.76. The quantitative estimate of drug-likeness (QED) is 0.744. The molecule has 2 aromatic heterocycles. The molecule has 0 radical (unpaired) electrons. The monoisotopic (exact) mass is 230 g/mol. The van der Waals surface area contributed by atoms with Crippen molar-refractivity contribution < 1.29 is 0 Å². The summed E-state index contributed by atoms with van der Waals surface area (Å²) in [5.74, 6) is 0. The number of hydrogen-bond acceptors (Lipinski definition) is 2. The molecule has 0 spiro atoms. The van der Waals surface area contributed by atoms with Crippen molar-refractivity contribution in [1.29, 1.82) is 0 Å². The van der Waals surface area contributed by atoms with Crippen molar-refractivity contribution in [2.75, 3.05) is 0 Å². The molecular weight excluding hydrogens is 212 g/mol. The molecule has 90 valence electrons. The molecule has 2 atom stereocenters. The summed E-state index contributed by atoms with van der Waals surface area (Å²) < 4.78 is 4.52. The Kier molecular flexibility index (Phi) is 2.94. The van der Waals surface area contributed by atoms with Crippen molar-refractivity contribution in [2.45, 2.75) is 44.2 Å². The van der Waals surface area contributed by atoms with Gasteiger partial charge >= 0.3 is 0 Å². The van der Waals surface area contributed by atoms with Crippen LogP contribution >= 0.6 is 0 Å². The Labute approximate surface area is 101 Å². The van der Waals surface area contributed by atoms with Crippen LogP contribution in [-0.4, -0.2) is 19.1 Å². The summed E-state index contributed by atoms with van der Waals surface area (Å²) in [6.45, 7) is 0. The molecule has 4 heteroatoms. The maximum atomic E-state index is 4.18. The van der Waals surface area contributed by atoms with Crippen LogP contribution in [0.4, 0.5) is 0 Å². The molecule has 17 heavy (non-hydrogen) atoms. The van der Waals surface area contributed by atoms with Gasteiger partial charge in [0.2, 0.25) is 0 Å². The maximum Gasteiger partial charge on any atom is 0.0949 e. The maximum absolute atomic E-state index is 4.18. The van der Waals surface area contributed by atoms with Gasteiger partial charge in [0.1, 0.15) is 0 Å². The largest absolute Gasteiger partial charge is 0.332 e. The second-order valence-electron chi connectivity index (χ2n) is 4.79. The van der Waals surface area contributed by atoms with E-state index in [1.54, 1.807) is 0 Å². The molecule has 0 aromatic carbocycles. The Balaban J connectivity index is 1.91. The fourth-order valence-corrected chi connectivity index (χ4v) is 2.90. The molecule has 4 nitrogen and oxygen atoms in total. The first kappa shape index (κ1) is 10.6. The Morgan fingerprint density at radius 2 is 1.29 bits per heavy atom. The highest BCUT2D eigenvalue weighted by atomic mass is 15.1. The van der Waals surface area contributed by atoms with Crippen LogP contribution in [-0.2, 0) is 0 Å². The Bertz CT molecular complexity index is 390. The molecule has 2 aromatic rings. The Morgan fingerprint density at radius 3 is 1.71 bits per heavy atom. The van der Waals surface area contributed by atoms with Crippen molar-refractivity contribution in [2.24, 2.45) is 0 Å². The van der Waals surface area contributed by atoms with Gasteiger partial charge in [-0.2, -0.15) is 0 Å². The summed E-state index contributed by atoms with van der Waals surface area (Å²) in [7, 11) is 0. The molecule has 3 rings (SSSR count). The molecule has 0 N–H and O–H groups in total. The fraction of sp³-hybridized carbons (Fsp3) is 0.538. The van der Waals surface area contributed by atoms with Gasteiger partial charge in [-0.1, -0.05) is 19.3 Å². The van der Waals surface area contributed by atoms with Gasteiger partial charge in [0.25, 0.3) is 0 Å². The van der Waals surface area contributed by atoms with Gasteiger partial charge in [-0.25, -0.2) is 9.97 Å². The predicted molar refractivity (Wildman–Crippen MR) is 65.6 cm³/mol. The minimum Gasteiger partial charge on any atom is -0.332 e.